The number of hydrogen-bond acceptors (Lipinski definition) is 4. The van der Waals surface area contributed by atoms with E-state index in [1.165, 1.54) is 0 Å². The number of thioether (sulfide) groups is 1. The summed E-state index contributed by atoms with van der Waals surface area (Å²) in [5, 5.41) is 0.332. The molecule has 0 spiro atoms. The van der Waals surface area contributed by atoms with Crippen LogP contribution in [-0.4, -0.2) is 41.0 Å². The molecule has 2 rings (SSSR count). The fraction of sp³-hybridized carbons (Fsp3) is 0.625. The Morgan fingerprint density at radius 2 is 2.71 bits per heavy atom. The second-order valence-corrected chi connectivity index (χ2v) is 5.36. The lowest BCUT2D eigenvalue weighted by molar-refractivity contribution is 0.0637. The Morgan fingerprint density at radius 1 is 1.86 bits per heavy atom. The topological polar surface area (TPSA) is 41.1 Å². The van der Waals surface area contributed by atoms with E-state index < -0.39 is 0 Å². The summed E-state index contributed by atoms with van der Waals surface area (Å²) in [7, 11) is 1.73. The van der Waals surface area contributed by atoms with E-state index in [1.807, 2.05) is 18.0 Å². The quantitative estimate of drug-likeness (QED) is 0.859. The molecule has 1 atom stereocenters. The highest BCUT2D eigenvalue weighted by atomic mass is 127. The van der Waals surface area contributed by atoms with Gasteiger partial charge in [-0.3, -0.25) is 4.90 Å². The lowest BCUT2D eigenvalue weighted by Crippen LogP contribution is -2.25. The SMILES string of the molecule is COCN1CCS[C@H]1c1nc(I)c[nH]1. The molecular formula is C8H12IN3OS. The molecule has 1 aromatic rings. The van der Waals surface area contributed by atoms with Crippen molar-refractivity contribution in [2.45, 2.75) is 5.37 Å². The molecule has 4 nitrogen and oxygen atoms in total. The van der Waals surface area contributed by atoms with Crippen molar-refractivity contribution in [1.82, 2.24) is 14.9 Å². The molecule has 0 bridgehead atoms. The number of hydrogen-bond donors (Lipinski definition) is 1. The first-order valence-electron chi connectivity index (χ1n) is 4.36. The van der Waals surface area contributed by atoms with Gasteiger partial charge in [-0.05, 0) is 22.6 Å². The molecule has 6 heteroatoms. The molecule has 1 aromatic heterocycles. The van der Waals surface area contributed by atoms with Gasteiger partial charge in [-0.2, -0.15) is 0 Å². The van der Waals surface area contributed by atoms with Gasteiger partial charge in [0.05, 0.1) is 6.73 Å². The third-order valence-corrected chi connectivity index (χ3v) is 3.89. The summed E-state index contributed by atoms with van der Waals surface area (Å²) in [6, 6.07) is 0. The van der Waals surface area contributed by atoms with Crippen molar-refractivity contribution < 1.29 is 4.74 Å². The first-order chi connectivity index (χ1) is 6.81. The van der Waals surface area contributed by atoms with E-state index in [0.29, 0.717) is 12.1 Å². The fourth-order valence-corrected chi connectivity index (χ4v) is 3.13. The maximum Gasteiger partial charge on any atom is 0.135 e. The molecule has 1 fully saturated rings. The van der Waals surface area contributed by atoms with Gasteiger partial charge in [-0.25, -0.2) is 4.98 Å². The van der Waals surface area contributed by atoms with E-state index in [9.17, 15) is 0 Å². The lowest BCUT2D eigenvalue weighted by Gasteiger charge is -2.20. The first-order valence-corrected chi connectivity index (χ1v) is 6.49. The van der Waals surface area contributed by atoms with Crippen molar-refractivity contribution in [2.24, 2.45) is 0 Å². The summed E-state index contributed by atoms with van der Waals surface area (Å²) in [5.41, 5.74) is 0. The van der Waals surface area contributed by atoms with Crippen molar-refractivity contribution in [2.75, 3.05) is 26.1 Å². The molecule has 0 saturated carbocycles. The molecular weight excluding hydrogens is 313 g/mol. The largest absolute Gasteiger partial charge is 0.369 e. The molecule has 2 heterocycles. The Bertz CT molecular complexity index is 307. The van der Waals surface area contributed by atoms with Crippen LogP contribution in [0.3, 0.4) is 0 Å². The van der Waals surface area contributed by atoms with Gasteiger partial charge in [-0.1, -0.05) is 0 Å². The average Bonchev–Trinajstić information content (AvgIpc) is 2.74. The predicted octanol–water partition coefficient (Wildman–Crippen LogP) is 1.67. The number of imidazole rings is 1. The summed E-state index contributed by atoms with van der Waals surface area (Å²) < 4.78 is 6.17. The maximum atomic E-state index is 5.15. The van der Waals surface area contributed by atoms with Gasteiger partial charge in [0, 0.05) is 25.6 Å². The van der Waals surface area contributed by atoms with Gasteiger partial charge in [0.1, 0.15) is 14.9 Å². The Hall–Kier alpha value is 0.210. The number of aromatic amines is 1. The zero-order valence-electron chi connectivity index (χ0n) is 7.86. The van der Waals surface area contributed by atoms with E-state index in [2.05, 4.69) is 37.5 Å². The van der Waals surface area contributed by atoms with E-state index in [4.69, 9.17) is 4.74 Å². The van der Waals surface area contributed by atoms with Gasteiger partial charge >= 0.3 is 0 Å². The highest BCUT2D eigenvalue weighted by Crippen LogP contribution is 2.35. The molecule has 0 aromatic carbocycles. The van der Waals surface area contributed by atoms with Crippen molar-refractivity contribution in [3.8, 4) is 0 Å². The van der Waals surface area contributed by atoms with Crippen LogP contribution in [0.15, 0.2) is 6.20 Å². The molecule has 0 aliphatic carbocycles. The van der Waals surface area contributed by atoms with Crippen molar-refractivity contribution in [3.05, 3.63) is 15.7 Å². The number of aromatic nitrogens is 2. The minimum atomic E-state index is 0.332. The highest BCUT2D eigenvalue weighted by Gasteiger charge is 2.28. The average molecular weight is 325 g/mol. The smallest absolute Gasteiger partial charge is 0.135 e. The molecule has 1 aliphatic rings. The van der Waals surface area contributed by atoms with Crippen molar-refractivity contribution in [3.63, 3.8) is 0 Å². The Balaban J connectivity index is 2.09. The Morgan fingerprint density at radius 3 is 3.36 bits per heavy atom. The zero-order valence-corrected chi connectivity index (χ0v) is 10.8. The van der Waals surface area contributed by atoms with Gasteiger partial charge in [-0.15, -0.1) is 11.8 Å². The van der Waals surface area contributed by atoms with E-state index >= 15 is 0 Å². The van der Waals surface area contributed by atoms with Gasteiger partial charge in [0.15, 0.2) is 0 Å². The third kappa shape index (κ3) is 2.23. The van der Waals surface area contributed by atoms with Crippen LogP contribution < -0.4 is 0 Å². The van der Waals surface area contributed by atoms with Crippen LogP contribution in [0.1, 0.15) is 11.2 Å². The standard InChI is InChI=1S/C8H12IN3OS/c1-13-5-12-2-3-14-8(12)7-10-4-6(9)11-7/h4,8H,2-3,5H2,1H3,(H,10,11)/t8-/m0/s1. The number of ether oxygens (including phenoxy) is 1. The minimum Gasteiger partial charge on any atom is -0.369 e. The summed E-state index contributed by atoms with van der Waals surface area (Å²) in [6.45, 7) is 1.75. The maximum absolute atomic E-state index is 5.15. The second kappa shape index (κ2) is 4.82. The van der Waals surface area contributed by atoms with Crippen LogP contribution in [0.25, 0.3) is 0 Å². The van der Waals surface area contributed by atoms with Crippen LogP contribution in [0.2, 0.25) is 0 Å². The lowest BCUT2D eigenvalue weighted by atomic mass is 10.5. The molecule has 0 radical (unpaired) electrons. The van der Waals surface area contributed by atoms with E-state index in [0.717, 1.165) is 21.8 Å². The molecule has 1 saturated heterocycles. The molecule has 1 aliphatic heterocycles. The van der Waals surface area contributed by atoms with Crippen LogP contribution in [0.5, 0.6) is 0 Å². The molecule has 78 valence electrons. The van der Waals surface area contributed by atoms with Crippen molar-refractivity contribution in [1.29, 1.82) is 0 Å². The van der Waals surface area contributed by atoms with E-state index in [-0.39, 0.29) is 0 Å². The number of H-pyrrole nitrogens is 1. The Labute approximate surface area is 101 Å². The number of methoxy groups -OCH3 is 1. The molecule has 0 unspecified atom stereocenters. The molecule has 1 N–H and O–H groups in total. The highest BCUT2D eigenvalue weighted by molar-refractivity contribution is 14.1. The number of nitrogens with one attached hydrogen (secondary N) is 1. The van der Waals surface area contributed by atoms with Gasteiger partial charge in [0.25, 0.3) is 0 Å². The third-order valence-electron chi connectivity index (χ3n) is 2.08. The normalized spacial score (nSPS) is 23.1. The minimum absolute atomic E-state index is 0.332. The summed E-state index contributed by atoms with van der Waals surface area (Å²) in [6.07, 6.45) is 1.93. The van der Waals surface area contributed by atoms with Crippen LogP contribution in [-0.2, 0) is 4.74 Å². The first kappa shape index (κ1) is 10.7. The predicted molar refractivity (Wildman–Crippen MR) is 65.1 cm³/mol. The second-order valence-electron chi connectivity index (χ2n) is 3.06. The summed E-state index contributed by atoms with van der Waals surface area (Å²) in [4.78, 5) is 9.91. The molecule has 14 heavy (non-hydrogen) atoms. The summed E-state index contributed by atoms with van der Waals surface area (Å²) in [5.74, 6) is 2.18. The van der Waals surface area contributed by atoms with Crippen molar-refractivity contribution >= 4 is 34.4 Å². The molecule has 0 amide bonds. The van der Waals surface area contributed by atoms with Crippen LogP contribution >= 0.6 is 34.4 Å². The Kier molecular flexibility index (Phi) is 3.69. The van der Waals surface area contributed by atoms with E-state index in [1.54, 1.807) is 7.11 Å². The number of rotatable bonds is 3. The van der Waals surface area contributed by atoms with Crippen LogP contribution in [0.4, 0.5) is 0 Å². The fourth-order valence-electron chi connectivity index (χ4n) is 1.49. The monoisotopic (exact) mass is 325 g/mol. The van der Waals surface area contributed by atoms with Gasteiger partial charge < -0.3 is 9.72 Å². The number of halogens is 1. The zero-order chi connectivity index (χ0) is 9.97. The number of nitrogens with zero attached hydrogens (tertiary/aromatic N) is 2. The summed E-state index contributed by atoms with van der Waals surface area (Å²) >= 11 is 4.12. The van der Waals surface area contributed by atoms with Gasteiger partial charge in [0.2, 0.25) is 0 Å². The van der Waals surface area contributed by atoms with Crippen LogP contribution in [0, 0.1) is 3.70 Å².